The number of ether oxygens (including phenoxy) is 1. The summed E-state index contributed by atoms with van der Waals surface area (Å²) in [6.45, 7) is 14.6. The van der Waals surface area contributed by atoms with E-state index in [1.165, 1.54) is 0 Å². The Kier molecular flexibility index (Phi) is 13.7. The molecule has 5 amide bonds. The summed E-state index contributed by atoms with van der Waals surface area (Å²) >= 11 is 0. The number of piperazine rings is 1. The molecule has 0 spiro atoms. The summed E-state index contributed by atoms with van der Waals surface area (Å²) in [4.78, 5) is 60.0. The number of hydrogen-bond donors (Lipinski definition) is 4. The van der Waals surface area contributed by atoms with E-state index in [0.29, 0.717) is 11.4 Å². The summed E-state index contributed by atoms with van der Waals surface area (Å²) in [5.41, 5.74) is 5.72. The first-order chi connectivity index (χ1) is 32.1. The Balaban J connectivity index is 1.02. The third-order valence-electron chi connectivity index (χ3n) is 12.8. The highest BCUT2D eigenvalue weighted by Crippen LogP contribution is 2.35. The number of aryl methyl sites for hydroxylation is 1. The second-order valence-corrected chi connectivity index (χ2v) is 18.9. The Bertz CT molecular complexity index is 2610. The van der Waals surface area contributed by atoms with Gasteiger partial charge in [0, 0.05) is 67.9 Å². The number of carbonyl (C=O) groups excluding carboxylic acids is 4. The zero-order chi connectivity index (χ0) is 47.4. The van der Waals surface area contributed by atoms with E-state index in [-0.39, 0.29) is 80.3 Å². The van der Waals surface area contributed by atoms with Gasteiger partial charge in [-0.25, -0.2) is 14.8 Å². The van der Waals surface area contributed by atoms with Gasteiger partial charge in [0.2, 0.25) is 11.8 Å². The van der Waals surface area contributed by atoms with Crippen molar-refractivity contribution in [3.8, 4) is 16.9 Å². The van der Waals surface area contributed by atoms with E-state index in [4.69, 9.17) is 4.74 Å². The van der Waals surface area contributed by atoms with Crippen molar-refractivity contribution in [1.82, 2.24) is 40.3 Å². The molecule has 2 saturated heterocycles. The van der Waals surface area contributed by atoms with Crippen LogP contribution in [0, 0.1) is 0 Å². The Morgan fingerprint density at radius 2 is 1.55 bits per heavy atom. The van der Waals surface area contributed by atoms with Crippen molar-refractivity contribution < 1.29 is 29.0 Å². The fourth-order valence-corrected chi connectivity index (χ4v) is 9.75. The van der Waals surface area contributed by atoms with E-state index in [1.54, 1.807) is 50.2 Å². The third-order valence-corrected chi connectivity index (χ3v) is 12.8. The standard InChI is InChI=1S/C53H62N8O6/c1-7-28-59-34-48(63)60-46(29-36-16-26-43(62)27-17-36)51(65)58(33-47(60)61(59)52(66)54-30-37-12-9-8-10-13-37)31-40-14-11-15-44-45(32-57(6)49(40)44)38-18-20-39(21-19-38)50(64)56-42-24-22-41(23-25-42)55-35(2)67-53(3,4)5/h7-21,26-27,32,41-42,46-47,55,62H,1-2,22-25,28-31,33-34H2,3-6H3,(H,54,66)(H,56,64)/t41?,42?,46-,47-/m0/s1. The molecule has 3 fully saturated rings. The lowest BCUT2D eigenvalue weighted by molar-refractivity contribution is -0.189. The number of rotatable bonds is 14. The van der Waals surface area contributed by atoms with Gasteiger partial charge in [-0.05, 0) is 99.6 Å². The highest BCUT2D eigenvalue weighted by molar-refractivity contribution is 6.00. The quantitative estimate of drug-likeness (QED) is 0.0675. The molecule has 1 aliphatic carbocycles. The van der Waals surface area contributed by atoms with Gasteiger partial charge in [0.25, 0.3) is 5.91 Å². The van der Waals surface area contributed by atoms with Gasteiger partial charge in [-0.1, -0.05) is 78.9 Å². The first-order valence-corrected chi connectivity index (χ1v) is 23.1. The maximum atomic E-state index is 14.8. The van der Waals surface area contributed by atoms with E-state index in [2.05, 4.69) is 45.9 Å². The smallest absolute Gasteiger partial charge is 0.334 e. The molecule has 0 unspecified atom stereocenters. The fraction of sp³-hybridized carbons (Fsp3) is 0.358. The molecule has 0 radical (unpaired) electrons. The normalized spacial score (nSPS) is 20.0. The number of fused-ring (bicyclic) bond motifs is 2. The van der Waals surface area contributed by atoms with Crippen LogP contribution in [-0.2, 0) is 40.9 Å². The van der Waals surface area contributed by atoms with Crippen molar-refractivity contribution in [3.05, 3.63) is 151 Å². The van der Waals surface area contributed by atoms with Crippen molar-refractivity contribution in [3.63, 3.8) is 0 Å². The SMILES string of the molecule is C=CCN1CC(=O)N2[C@@H](Cc3ccc(O)cc3)C(=O)N(Cc3cccc4c(-c5ccc(C(=O)NC6CCC(NC(=C)OC(C)(C)C)CC6)cc5)cn(C)c34)C[C@@H]2N1C(=O)NCc1ccccc1. The van der Waals surface area contributed by atoms with E-state index in [1.807, 2.05) is 94.5 Å². The average molecular weight is 907 g/mol. The molecule has 2 aliphatic heterocycles. The first kappa shape index (κ1) is 46.5. The minimum atomic E-state index is -0.920. The highest BCUT2D eigenvalue weighted by atomic mass is 16.5. The minimum absolute atomic E-state index is 0.0702. The number of aromatic hydroxyl groups is 1. The van der Waals surface area contributed by atoms with Crippen molar-refractivity contribution in [2.45, 2.75) is 95.9 Å². The number of hydrazine groups is 1. The third kappa shape index (κ3) is 10.7. The first-order valence-electron chi connectivity index (χ1n) is 23.1. The molecule has 0 bridgehead atoms. The largest absolute Gasteiger partial charge is 0.508 e. The van der Waals surface area contributed by atoms with Gasteiger partial charge >= 0.3 is 6.03 Å². The molecule has 67 heavy (non-hydrogen) atoms. The topological polar surface area (TPSA) is 152 Å². The van der Waals surface area contributed by atoms with Crippen LogP contribution in [0.4, 0.5) is 4.79 Å². The number of amides is 5. The minimum Gasteiger partial charge on any atom is -0.508 e. The van der Waals surface area contributed by atoms with Gasteiger partial charge in [-0.2, -0.15) is 0 Å². The lowest BCUT2D eigenvalue weighted by Gasteiger charge is -2.55. The molecule has 5 aromatic rings. The lowest BCUT2D eigenvalue weighted by Crippen LogP contribution is -2.76. The highest BCUT2D eigenvalue weighted by Gasteiger charge is 2.51. The van der Waals surface area contributed by atoms with Gasteiger partial charge in [0.05, 0.1) is 18.6 Å². The number of carbonyl (C=O) groups is 4. The van der Waals surface area contributed by atoms with Crippen molar-refractivity contribution >= 4 is 34.7 Å². The number of nitrogens with one attached hydrogen (secondary N) is 3. The number of hydrogen-bond acceptors (Lipinski definition) is 8. The number of aromatic nitrogens is 1. The van der Waals surface area contributed by atoms with Crippen LogP contribution >= 0.6 is 0 Å². The molecular weight excluding hydrogens is 845 g/mol. The van der Waals surface area contributed by atoms with Crippen molar-refractivity contribution in [2.24, 2.45) is 7.05 Å². The molecule has 1 aromatic heterocycles. The predicted molar refractivity (Wildman–Crippen MR) is 259 cm³/mol. The zero-order valence-electron chi connectivity index (χ0n) is 38.9. The van der Waals surface area contributed by atoms with E-state index >= 15 is 0 Å². The summed E-state index contributed by atoms with van der Waals surface area (Å²) in [6.07, 6.45) is 6.62. The molecule has 1 saturated carbocycles. The molecule has 4 N–H and O–H groups in total. The molecule has 350 valence electrons. The Morgan fingerprint density at radius 3 is 2.22 bits per heavy atom. The van der Waals surface area contributed by atoms with Crippen LogP contribution in [0.15, 0.2) is 128 Å². The van der Waals surface area contributed by atoms with Gasteiger partial charge in [-0.3, -0.25) is 14.4 Å². The maximum absolute atomic E-state index is 14.8. The molecule has 8 rings (SSSR count). The molecular formula is C53H62N8O6. The summed E-state index contributed by atoms with van der Waals surface area (Å²) in [7, 11) is 1.98. The number of benzene rings is 4. The Morgan fingerprint density at radius 1 is 0.866 bits per heavy atom. The summed E-state index contributed by atoms with van der Waals surface area (Å²) in [5, 5.41) is 24.0. The van der Waals surface area contributed by atoms with Crippen LogP contribution in [0.1, 0.15) is 73.5 Å². The fourth-order valence-electron chi connectivity index (χ4n) is 9.75. The summed E-state index contributed by atoms with van der Waals surface area (Å²) in [6, 6.07) is 29.0. The van der Waals surface area contributed by atoms with E-state index in [0.717, 1.165) is 64.4 Å². The Hall–Kier alpha value is -7.06. The van der Waals surface area contributed by atoms with Crippen molar-refractivity contribution in [2.75, 3.05) is 19.6 Å². The van der Waals surface area contributed by atoms with E-state index in [9.17, 15) is 24.3 Å². The van der Waals surface area contributed by atoms with Crippen molar-refractivity contribution in [1.29, 1.82) is 0 Å². The molecule has 3 heterocycles. The lowest BCUT2D eigenvalue weighted by atomic mass is 9.91. The molecule has 2 atom stereocenters. The monoisotopic (exact) mass is 906 g/mol. The number of nitrogens with zero attached hydrogens (tertiary/aromatic N) is 5. The van der Waals surface area contributed by atoms with Crippen LogP contribution in [0.2, 0.25) is 0 Å². The second kappa shape index (κ2) is 19.8. The van der Waals surface area contributed by atoms with Crippen LogP contribution < -0.4 is 16.0 Å². The van der Waals surface area contributed by atoms with Crippen LogP contribution in [0.5, 0.6) is 5.75 Å². The summed E-state index contributed by atoms with van der Waals surface area (Å²) < 4.78 is 7.91. The molecule has 4 aromatic carbocycles. The number of urea groups is 1. The maximum Gasteiger partial charge on any atom is 0.334 e. The second-order valence-electron chi connectivity index (χ2n) is 18.9. The van der Waals surface area contributed by atoms with Crippen LogP contribution in [0.3, 0.4) is 0 Å². The number of phenols is 1. The molecule has 14 nitrogen and oxygen atoms in total. The number of para-hydroxylation sites is 1. The zero-order valence-corrected chi connectivity index (χ0v) is 38.9. The average Bonchev–Trinajstić information content (AvgIpc) is 3.64. The molecule has 3 aliphatic rings. The number of phenolic OH excluding ortho intramolecular Hbond substituents is 1. The predicted octanol–water partition coefficient (Wildman–Crippen LogP) is 7.20. The van der Waals surface area contributed by atoms with E-state index < -0.39 is 18.2 Å². The van der Waals surface area contributed by atoms with Crippen LogP contribution in [0.25, 0.3) is 22.0 Å². The van der Waals surface area contributed by atoms with Gasteiger partial charge in [0.15, 0.2) is 5.88 Å². The van der Waals surface area contributed by atoms with Crippen LogP contribution in [-0.4, -0.2) is 103 Å². The molecule has 14 heteroatoms. The Labute approximate surface area is 392 Å². The van der Waals surface area contributed by atoms with Gasteiger partial charge < -0.3 is 40.2 Å². The van der Waals surface area contributed by atoms with Gasteiger partial charge in [-0.15, -0.1) is 6.58 Å². The van der Waals surface area contributed by atoms with Gasteiger partial charge in [0.1, 0.15) is 23.6 Å². The summed E-state index contributed by atoms with van der Waals surface area (Å²) in [5.74, 6) is 0.0736.